The van der Waals surface area contributed by atoms with Gasteiger partial charge in [0.25, 0.3) is 5.91 Å². The molecule has 0 aliphatic rings. The van der Waals surface area contributed by atoms with E-state index in [9.17, 15) is 14.7 Å². The van der Waals surface area contributed by atoms with Crippen LogP contribution < -0.4 is 14.8 Å². The summed E-state index contributed by atoms with van der Waals surface area (Å²) in [7, 11) is 0. The van der Waals surface area contributed by atoms with Crippen molar-refractivity contribution in [1.29, 1.82) is 0 Å². The maximum Gasteiger partial charge on any atom is 0.352 e. The molecule has 8 heteroatoms. The number of carboxylic acid groups (broad SMARTS) is 1. The second-order valence-electron chi connectivity index (χ2n) is 6.86. The van der Waals surface area contributed by atoms with E-state index in [0.29, 0.717) is 45.3 Å². The summed E-state index contributed by atoms with van der Waals surface area (Å²) >= 11 is 9.40. The van der Waals surface area contributed by atoms with Crippen molar-refractivity contribution in [2.75, 3.05) is 6.61 Å². The summed E-state index contributed by atoms with van der Waals surface area (Å²) in [4.78, 5) is 24.2. The molecule has 0 aliphatic carbocycles. The Labute approximate surface area is 204 Å². The number of hydrogen-bond donors (Lipinski definition) is 2. The first-order valence-corrected chi connectivity index (χ1v) is 11.2. The van der Waals surface area contributed by atoms with Crippen LogP contribution in [0.1, 0.15) is 28.4 Å². The molecule has 0 spiro atoms. The van der Waals surface area contributed by atoms with Gasteiger partial charge in [-0.05, 0) is 76.5 Å². The molecule has 33 heavy (non-hydrogen) atoms. The second-order valence-corrected chi connectivity index (χ2v) is 8.15. The van der Waals surface area contributed by atoms with Gasteiger partial charge in [0, 0.05) is 10.6 Å². The van der Waals surface area contributed by atoms with E-state index in [-0.39, 0.29) is 5.70 Å². The summed E-state index contributed by atoms with van der Waals surface area (Å²) in [5.74, 6) is -0.868. The largest absolute Gasteiger partial charge is 0.490 e. The highest BCUT2D eigenvalue weighted by molar-refractivity contribution is 9.10. The number of aliphatic carboxylic acids is 1. The number of carbonyl (C=O) groups is 2. The van der Waals surface area contributed by atoms with E-state index in [1.54, 1.807) is 54.6 Å². The van der Waals surface area contributed by atoms with Crippen molar-refractivity contribution in [2.24, 2.45) is 0 Å². The molecular weight excluding hydrogens is 510 g/mol. The van der Waals surface area contributed by atoms with E-state index in [1.165, 1.54) is 6.08 Å². The van der Waals surface area contributed by atoms with Gasteiger partial charge in [0.15, 0.2) is 11.5 Å². The fourth-order valence-corrected chi connectivity index (χ4v) is 3.61. The molecule has 3 aromatic carbocycles. The van der Waals surface area contributed by atoms with Crippen LogP contribution in [0.4, 0.5) is 0 Å². The van der Waals surface area contributed by atoms with Crippen molar-refractivity contribution in [1.82, 2.24) is 5.32 Å². The summed E-state index contributed by atoms with van der Waals surface area (Å²) in [6, 6.07) is 19.0. The lowest BCUT2D eigenvalue weighted by Gasteiger charge is -2.15. The van der Waals surface area contributed by atoms with Gasteiger partial charge < -0.3 is 19.9 Å². The van der Waals surface area contributed by atoms with Gasteiger partial charge in [0.2, 0.25) is 0 Å². The van der Waals surface area contributed by atoms with E-state index >= 15 is 0 Å². The van der Waals surface area contributed by atoms with E-state index in [4.69, 9.17) is 21.1 Å². The first-order chi connectivity index (χ1) is 15.9. The third-order valence-corrected chi connectivity index (χ3v) is 5.29. The molecule has 6 nitrogen and oxygen atoms in total. The molecule has 3 rings (SSSR count). The minimum atomic E-state index is -1.27. The molecule has 0 atom stereocenters. The Bertz CT molecular complexity index is 1160. The summed E-state index contributed by atoms with van der Waals surface area (Å²) in [6.07, 6.45) is 1.36. The highest BCUT2D eigenvalue weighted by atomic mass is 79.9. The zero-order chi connectivity index (χ0) is 23.8. The Morgan fingerprint density at radius 3 is 2.39 bits per heavy atom. The van der Waals surface area contributed by atoms with Gasteiger partial charge in [-0.3, -0.25) is 4.79 Å². The van der Waals surface area contributed by atoms with Gasteiger partial charge in [-0.25, -0.2) is 4.79 Å². The molecule has 0 fully saturated rings. The number of halogens is 2. The van der Waals surface area contributed by atoms with Gasteiger partial charge >= 0.3 is 5.97 Å². The standard InChI is InChI=1S/C25H21BrClNO5/c1-2-32-22-14-17(12-20(26)23(22)33-15-16-8-10-19(27)11-9-16)13-21(25(30)31)28-24(29)18-6-4-3-5-7-18/h3-14H,2,15H2,1H3,(H,28,29)(H,30,31). The van der Waals surface area contributed by atoms with Crippen LogP contribution in [0.15, 0.2) is 76.9 Å². The lowest BCUT2D eigenvalue weighted by atomic mass is 10.1. The fraction of sp³-hybridized carbons (Fsp3) is 0.120. The smallest absolute Gasteiger partial charge is 0.352 e. The van der Waals surface area contributed by atoms with E-state index in [0.717, 1.165) is 5.56 Å². The Hall–Kier alpha value is -3.29. The minimum absolute atomic E-state index is 0.270. The van der Waals surface area contributed by atoms with Gasteiger partial charge in [-0.1, -0.05) is 41.9 Å². The van der Waals surface area contributed by atoms with Crippen molar-refractivity contribution in [3.63, 3.8) is 0 Å². The molecule has 0 heterocycles. The monoisotopic (exact) mass is 529 g/mol. The van der Waals surface area contributed by atoms with Crippen molar-refractivity contribution >= 4 is 45.5 Å². The molecule has 0 unspecified atom stereocenters. The first kappa shape index (κ1) is 24.4. The molecular formula is C25H21BrClNO5. The van der Waals surface area contributed by atoms with Gasteiger partial charge in [-0.15, -0.1) is 0 Å². The van der Waals surface area contributed by atoms with E-state index < -0.39 is 11.9 Å². The fourth-order valence-electron chi connectivity index (χ4n) is 2.91. The SMILES string of the molecule is CCOc1cc(C=C(NC(=O)c2ccccc2)C(=O)O)cc(Br)c1OCc1ccc(Cl)cc1. The van der Waals surface area contributed by atoms with Crippen LogP contribution in [0.2, 0.25) is 5.02 Å². The highest BCUT2D eigenvalue weighted by Gasteiger charge is 2.16. The maximum absolute atomic E-state index is 12.4. The average molecular weight is 531 g/mol. The van der Waals surface area contributed by atoms with Crippen LogP contribution in [-0.4, -0.2) is 23.6 Å². The van der Waals surface area contributed by atoms with E-state index in [1.807, 2.05) is 19.1 Å². The first-order valence-electron chi connectivity index (χ1n) is 10.0. The lowest BCUT2D eigenvalue weighted by Crippen LogP contribution is -2.27. The highest BCUT2D eigenvalue weighted by Crippen LogP contribution is 2.38. The minimum Gasteiger partial charge on any atom is -0.490 e. The Morgan fingerprint density at radius 2 is 1.76 bits per heavy atom. The van der Waals surface area contributed by atoms with Crippen molar-refractivity contribution in [3.8, 4) is 11.5 Å². The number of ether oxygens (including phenoxy) is 2. The number of hydrogen-bond acceptors (Lipinski definition) is 4. The second kappa shape index (κ2) is 11.5. The zero-order valence-electron chi connectivity index (χ0n) is 17.7. The third kappa shape index (κ3) is 6.84. The number of nitrogens with one attached hydrogen (secondary N) is 1. The number of rotatable bonds is 9. The molecule has 170 valence electrons. The summed E-state index contributed by atoms with van der Waals surface area (Å²) in [6.45, 7) is 2.51. The van der Waals surface area contributed by atoms with E-state index in [2.05, 4.69) is 21.2 Å². The molecule has 3 aromatic rings. The topological polar surface area (TPSA) is 84.9 Å². The summed E-state index contributed by atoms with van der Waals surface area (Å²) < 4.78 is 12.2. The molecule has 0 aliphatic heterocycles. The lowest BCUT2D eigenvalue weighted by molar-refractivity contribution is -0.132. The molecule has 0 saturated carbocycles. The maximum atomic E-state index is 12.4. The third-order valence-electron chi connectivity index (χ3n) is 4.45. The normalized spacial score (nSPS) is 11.1. The molecule has 0 aromatic heterocycles. The zero-order valence-corrected chi connectivity index (χ0v) is 20.0. The summed E-state index contributed by atoms with van der Waals surface area (Å²) in [5, 5.41) is 12.7. The predicted molar refractivity (Wildman–Crippen MR) is 131 cm³/mol. The van der Waals surface area contributed by atoms with Gasteiger partial charge in [-0.2, -0.15) is 0 Å². The van der Waals surface area contributed by atoms with Crippen LogP contribution in [0, 0.1) is 0 Å². The molecule has 1 amide bonds. The molecule has 2 N–H and O–H groups in total. The Balaban J connectivity index is 1.86. The number of carboxylic acids is 1. The van der Waals surface area contributed by atoms with Crippen molar-refractivity contribution < 1.29 is 24.2 Å². The molecule has 0 bridgehead atoms. The van der Waals surface area contributed by atoms with Crippen LogP contribution in [-0.2, 0) is 11.4 Å². The van der Waals surface area contributed by atoms with Crippen LogP contribution >= 0.6 is 27.5 Å². The predicted octanol–water partition coefficient (Wildman–Crippen LogP) is 5.94. The number of amides is 1. The van der Waals surface area contributed by atoms with Crippen LogP contribution in [0.3, 0.4) is 0 Å². The quantitative estimate of drug-likeness (QED) is 0.335. The van der Waals surface area contributed by atoms with Gasteiger partial charge in [0.1, 0.15) is 12.3 Å². The molecule has 0 radical (unpaired) electrons. The Morgan fingerprint density at radius 1 is 1.06 bits per heavy atom. The summed E-state index contributed by atoms with van der Waals surface area (Å²) in [5.41, 5.74) is 1.52. The number of benzene rings is 3. The van der Waals surface area contributed by atoms with Crippen LogP contribution in [0.5, 0.6) is 11.5 Å². The molecule has 0 saturated heterocycles. The van der Waals surface area contributed by atoms with Gasteiger partial charge in [0.05, 0.1) is 11.1 Å². The Kier molecular flexibility index (Phi) is 8.52. The van der Waals surface area contributed by atoms with Crippen molar-refractivity contribution in [3.05, 3.63) is 98.6 Å². The average Bonchev–Trinajstić information content (AvgIpc) is 2.80. The van der Waals surface area contributed by atoms with Crippen LogP contribution in [0.25, 0.3) is 6.08 Å². The van der Waals surface area contributed by atoms with Crippen molar-refractivity contribution in [2.45, 2.75) is 13.5 Å². The number of carbonyl (C=O) groups excluding carboxylic acids is 1.